The minimum atomic E-state index is -0.639. The van der Waals surface area contributed by atoms with E-state index in [1.165, 1.54) is 6.07 Å². The number of rotatable bonds is 11. The van der Waals surface area contributed by atoms with Gasteiger partial charge in [-0.05, 0) is 50.3 Å². The highest BCUT2D eigenvalue weighted by atomic mass is 35.5. The number of benzene rings is 2. The standard InChI is InChI=1S/C30H33ClF2N6OS/c1-34-12-6-15-41-16-14-39(3)29-22-17-35-27(21-9-4-7-19-10-11-23(32)25(31)24(19)21)26(33)28(22)36-30(37-29)40-18-20-8-5-13-38(20)2/h4,6-7,9-11,15,17,20,34H,5,8,12-14,16,18H2,1-3H3/b15-6+. The highest BCUT2D eigenvalue weighted by molar-refractivity contribution is 8.02. The van der Waals surface area contributed by atoms with Crippen LogP contribution in [-0.4, -0.2) is 79.0 Å². The van der Waals surface area contributed by atoms with Crippen molar-refractivity contribution in [2.75, 3.05) is 58.0 Å². The third-order valence-electron chi connectivity index (χ3n) is 7.33. The maximum absolute atomic E-state index is 16.4. The van der Waals surface area contributed by atoms with Crippen LogP contribution in [0.25, 0.3) is 32.9 Å². The summed E-state index contributed by atoms with van der Waals surface area (Å²) in [5.74, 6) is 0.119. The summed E-state index contributed by atoms with van der Waals surface area (Å²) < 4.78 is 36.9. The Morgan fingerprint density at radius 2 is 2.10 bits per heavy atom. The number of halogens is 3. The monoisotopic (exact) mass is 598 g/mol. The lowest BCUT2D eigenvalue weighted by molar-refractivity contribution is 0.188. The predicted octanol–water partition coefficient (Wildman–Crippen LogP) is 6.15. The molecule has 1 aliphatic rings. The van der Waals surface area contributed by atoms with Crippen LogP contribution >= 0.6 is 23.4 Å². The van der Waals surface area contributed by atoms with Crippen molar-refractivity contribution in [3.8, 4) is 17.3 Å². The van der Waals surface area contributed by atoms with Crippen molar-refractivity contribution in [3.05, 3.63) is 64.7 Å². The minimum Gasteiger partial charge on any atom is -0.462 e. The summed E-state index contributed by atoms with van der Waals surface area (Å²) in [7, 11) is 5.88. The lowest BCUT2D eigenvalue weighted by Crippen LogP contribution is -2.31. The van der Waals surface area contributed by atoms with E-state index in [9.17, 15) is 4.39 Å². The lowest BCUT2D eigenvalue weighted by Gasteiger charge is -2.22. The molecule has 2 aromatic heterocycles. The fourth-order valence-electron chi connectivity index (χ4n) is 5.03. The molecule has 0 bridgehead atoms. The first-order chi connectivity index (χ1) is 19.9. The number of hydrogen-bond donors (Lipinski definition) is 1. The van der Waals surface area contributed by atoms with Crippen molar-refractivity contribution >= 4 is 50.9 Å². The summed E-state index contributed by atoms with van der Waals surface area (Å²) in [6, 6.07) is 8.54. The van der Waals surface area contributed by atoms with Crippen LogP contribution in [0.2, 0.25) is 5.02 Å². The summed E-state index contributed by atoms with van der Waals surface area (Å²) in [4.78, 5) is 17.9. The SMILES string of the molecule is CNC/C=C/SCCN(C)c1nc(OCC2CCCN2C)nc2c(F)c(-c3cccc4ccc(F)c(Cl)c34)ncc12. The Balaban J connectivity index is 1.55. The molecule has 1 N–H and O–H groups in total. The van der Waals surface area contributed by atoms with E-state index in [-0.39, 0.29) is 28.3 Å². The van der Waals surface area contributed by atoms with Crippen molar-refractivity contribution in [2.24, 2.45) is 0 Å². The molecule has 1 unspecified atom stereocenters. The molecular weight excluding hydrogens is 566 g/mol. The first kappa shape index (κ1) is 29.4. The molecule has 2 aromatic carbocycles. The molecule has 0 amide bonds. The van der Waals surface area contributed by atoms with Crippen LogP contribution in [0, 0.1) is 11.6 Å². The Labute approximate surface area is 248 Å². The second-order valence-electron chi connectivity index (χ2n) is 10.1. The first-order valence-corrected chi connectivity index (χ1v) is 15.0. The summed E-state index contributed by atoms with van der Waals surface area (Å²) in [6.45, 7) is 2.89. The van der Waals surface area contributed by atoms with Gasteiger partial charge in [0.25, 0.3) is 0 Å². The Morgan fingerprint density at radius 3 is 2.88 bits per heavy atom. The van der Waals surface area contributed by atoms with E-state index in [0.29, 0.717) is 40.7 Å². The molecule has 0 radical (unpaired) electrons. The molecule has 7 nitrogen and oxygen atoms in total. The van der Waals surface area contributed by atoms with Crippen molar-refractivity contribution < 1.29 is 13.5 Å². The smallest absolute Gasteiger partial charge is 0.319 e. The number of ether oxygens (including phenoxy) is 1. The molecule has 1 atom stereocenters. The minimum absolute atomic E-state index is 0.0367. The predicted molar refractivity (Wildman–Crippen MR) is 165 cm³/mol. The summed E-state index contributed by atoms with van der Waals surface area (Å²) in [5.41, 5.74) is 0.516. The topological polar surface area (TPSA) is 66.4 Å². The number of pyridine rings is 1. The van der Waals surface area contributed by atoms with Crippen molar-refractivity contribution in [1.82, 2.24) is 25.2 Å². The van der Waals surface area contributed by atoms with Crippen LogP contribution < -0.4 is 15.0 Å². The molecule has 1 aliphatic heterocycles. The summed E-state index contributed by atoms with van der Waals surface area (Å²) in [5, 5.41) is 6.61. The number of likely N-dealkylation sites (tertiary alicyclic amines) is 1. The van der Waals surface area contributed by atoms with E-state index in [1.807, 2.05) is 19.0 Å². The van der Waals surface area contributed by atoms with Gasteiger partial charge in [0.05, 0.1) is 10.4 Å². The van der Waals surface area contributed by atoms with E-state index < -0.39 is 11.6 Å². The van der Waals surface area contributed by atoms with Gasteiger partial charge < -0.3 is 19.9 Å². The van der Waals surface area contributed by atoms with E-state index >= 15 is 4.39 Å². The molecule has 3 heterocycles. The normalized spacial score (nSPS) is 15.9. The molecule has 0 aliphatic carbocycles. The van der Waals surface area contributed by atoms with Crippen molar-refractivity contribution in [3.63, 3.8) is 0 Å². The van der Waals surface area contributed by atoms with Crippen LogP contribution in [0.1, 0.15) is 12.8 Å². The van der Waals surface area contributed by atoms with E-state index in [4.69, 9.17) is 21.3 Å². The van der Waals surface area contributed by atoms with Gasteiger partial charge in [0.2, 0.25) is 0 Å². The number of hydrogen-bond acceptors (Lipinski definition) is 8. The Morgan fingerprint density at radius 1 is 1.24 bits per heavy atom. The zero-order chi connectivity index (χ0) is 28.9. The zero-order valence-electron chi connectivity index (χ0n) is 23.3. The molecule has 11 heteroatoms. The van der Waals surface area contributed by atoms with Gasteiger partial charge in [-0.15, -0.1) is 11.8 Å². The third-order valence-corrected chi connectivity index (χ3v) is 8.50. The molecule has 5 rings (SSSR count). The molecular formula is C30H33ClF2N6OS. The highest BCUT2D eigenvalue weighted by Crippen LogP contribution is 2.38. The molecule has 0 saturated carbocycles. The molecule has 41 heavy (non-hydrogen) atoms. The second kappa shape index (κ2) is 13.3. The quantitative estimate of drug-likeness (QED) is 0.206. The fourth-order valence-corrected chi connectivity index (χ4v) is 6.05. The number of thioether (sulfide) groups is 1. The number of aromatic nitrogens is 3. The van der Waals surface area contributed by atoms with Crippen LogP contribution in [0.5, 0.6) is 6.01 Å². The molecule has 0 spiro atoms. The lowest BCUT2D eigenvalue weighted by atomic mass is 10.0. The summed E-state index contributed by atoms with van der Waals surface area (Å²) >= 11 is 8.04. The van der Waals surface area contributed by atoms with E-state index in [2.05, 4.69) is 38.7 Å². The Bertz CT molecular complexity index is 1570. The van der Waals surface area contributed by atoms with Crippen LogP contribution in [0.4, 0.5) is 14.6 Å². The van der Waals surface area contributed by atoms with Gasteiger partial charge in [-0.25, -0.2) is 8.78 Å². The number of fused-ring (bicyclic) bond motifs is 2. The van der Waals surface area contributed by atoms with Gasteiger partial charge in [0.1, 0.15) is 29.5 Å². The Kier molecular flexibility index (Phi) is 9.54. The molecule has 4 aromatic rings. The van der Waals surface area contributed by atoms with Gasteiger partial charge in [0.15, 0.2) is 5.82 Å². The van der Waals surface area contributed by atoms with Gasteiger partial charge in [-0.3, -0.25) is 4.98 Å². The maximum atomic E-state index is 16.4. The average Bonchev–Trinajstić information content (AvgIpc) is 3.39. The zero-order valence-corrected chi connectivity index (χ0v) is 24.9. The average molecular weight is 599 g/mol. The number of likely N-dealkylation sites (N-methyl/N-ethyl adjacent to an activating group) is 2. The van der Waals surface area contributed by atoms with Crippen LogP contribution in [0.15, 0.2) is 48.0 Å². The van der Waals surface area contributed by atoms with Crippen molar-refractivity contribution in [2.45, 2.75) is 18.9 Å². The molecule has 1 saturated heterocycles. The van der Waals surface area contributed by atoms with Gasteiger partial charge >= 0.3 is 6.01 Å². The van der Waals surface area contributed by atoms with Gasteiger partial charge in [0, 0.05) is 49.1 Å². The largest absolute Gasteiger partial charge is 0.462 e. The summed E-state index contributed by atoms with van der Waals surface area (Å²) in [6.07, 6.45) is 5.76. The van der Waals surface area contributed by atoms with Gasteiger partial charge in [-0.1, -0.05) is 41.9 Å². The maximum Gasteiger partial charge on any atom is 0.319 e. The van der Waals surface area contributed by atoms with E-state index in [0.717, 1.165) is 31.7 Å². The highest BCUT2D eigenvalue weighted by Gasteiger charge is 2.24. The second-order valence-corrected chi connectivity index (χ2v) is 11.5. The molecule has 216 valence electrons. The van der Waals surface area contributed by atoms with Crippen molar-refractivity contribution in [1.29, 1.82) is 0 Å². The Hall–Kier alpha value is -3.05. The van der Waals surface area contributed by atoms with Gasteiger partial charge in [-0.2, -0.15) is 9.97 Å². The van der Waals surface area contributed by atoms with E-state index in [1.54, 1.807) is 42.2 Å². The molecule has 1 fully saturated rings. The third kappa shape index (κ3) is 6.40. The number of anilines is 1. The number of nitrogens with one attached hydrogen (secondary N) is 1. The first-order valence-electron chi connectivity index (χ1n) is 13.6. The van der Waals surface area contributed by atoms with Crippen LogP contribution in [-0.2, 0) is 0 Å². The van der Waals surface area contributed by atoms with Crippen LogP contribution in [0.3, 0.4) is 0 Å². The number of nitrogens with zero attached hydrogens (tertiary/aromatic N) is 5. The fraction of sp³-hybridized carbons (Fsp3) is 0.367.